The Morgan fingerprint density at radius 3 is 2.73 bits per heavy atom. The van der Waals surface area contributed by atoms with E-state index in [4.69, 9.17) is 4.52 Å². The summed E-state index contributed by atoms with van der Waals surface area (Å²) in [6.07, 6.45) is 0.413. The lowest BCUT2D eigenvalue weighted by molar-refractivity contribution is -0.137. The maximum atomic E-state index is 13.0. The molecule has 0 bridgehead atoms. The van der Waals surface area contributed by atoms with Crippen LogP contribution in [-0.4, -0.2) is 46.2 Å². The average Bonchev–Trinajstić information content (AvgIpc) is 3.51. The van der Waals surface area contributed by atoms with E-state index in [1.165, 1.54) is 6.07 Å². The third-order valence-electron chi connectivity index (χ3n) is 5.75. The van der Waals surface area contributed by atoms with E-state index < -0.39 is 11.7 Å². The number of hydrogen-bond donors (Lipinski definition) is 0. The molecule has 0 spiro atoms. The number of fused-ring (bicyclic) bond motifs is 1. The summed E-state index contributed by atoms with van der Waals surface area (Å²) in [7, 11) is 0. The molecule has 1 aliphatic heterocycles. The molecule has 6 nitrogen and oxygen atoms in total. The molecule has 158 valence electrons. The van der Waals surface area contributed by atoms with Crippen molar-refractivity contribution in [1.29, 1.82) is 0 Å². The van der Waals surface area contributed by atoms with E-state index in [-0.39, 0.29) is 0 Å². The van der Waals surface area contributed by atoms with E-state index in [1.54, 1.807) is 6.20 Å². The van der Waals surface area contributed by atoms with Gasteiger partial charge >= 0.3 is 6.18 Å². The number of aromatic nitrogens is 3. The SMILES string of the molecule is FC(F)(F)c1ccc2c(N3CCCN(Cc4noc(C5CC5)n4)CC3)ccnc2c1. The summed E-state index contributed by atoms with van der Waals surface area (Å²) in [5.74, 6) is 1.92. The van der Waals surface area contributed by atoms with E-state index in [0.717, 1.165) is 80.4 Å². The minimum Gasteiger partial charge on any atom is -0.370 e. The summed E-state index contributed by atoms with van der Waals surface area (Å²) in [6, 6.07) is 5.66. The Balaban J connectivity index is 1.30. The predicted octanol–water partition coefficient (Wildman–Crippen LogP) is 4.23. The lowest BCUT2D eigenvalue weighted by Gasteiger charge is -2.24. The van der Waals surface area contributed by atoms with Crippen LogP contribution in [0.2, 0.25) is 0 Å². The highest BCUT2D eigenvalue weighted by atomic mass is 19.4. The van der Waals surface area contributed by atoms with Crippen LogP contribution in [0.5, 0.6) is 0 Å². The monoisotopic (exact) mass is 417 g/mol. The van der Waals surface area contributed by atoms with Crippen LogP contribution in [-0.2, 0) is 12.7 Å². The normalized spacial score (nSPS) is 18.7. The first kappa shape index (κ1) is 19.3. The summed E-state index contributed by atoms with van der Waals surface area (Å²) in [4.78, 5) is 13.2. The first-order chi connectivity index (χ1) is 14.5. The summed E-state index contributed by atoms with van der Waals surface area (Å²) in [5.41, 5.74) is 0.612. The van der Waals surface area contributed by atoms with Crippen molar-refractivity contribution >= 4 is 16.6 Å². The van der Waals surface area contributed by atoms with E-state index in [0.29, 0.717) is 18.0 Å². The van der Waals surface area contributed by atoms with E-state index in [9.17, 15) is 13.2 Å². The molecule has 2 fully saturated rings. The van der Waals surface area contributed by atoms with Crippen molar-refractivity contribution in [3.63, 3.8) is 0 Å². The molecule has 1 saturated carbocycles. The molecule has 3 aromatic rings. The minimum atomic E-state index is -4.37. The molecule has 5 rings (SSSR count). The molecule has 1 aliphatic carbocycles. The summed E-state index contributed by atoms with van der Waals surface area (Å²) >= 11 is 0. The van der Waals surface area contributed by atoms with Crippen molar-refractivity contribution in [3.05, 3.63) is 47.7 Å². The smallest absolute Gasteiger partial charge is 0.370 e. The standard InChI is InChI=1S/C21H22F3N5O/c22-21(23,24)15-4-5-16-17(12-15)25-7-6-18(16)29-9-1-8-28(10-11-29)13-19-26-20(30-27-19)14-2-3-14/h4-7,12,14H,1-3,8-11,13H2. The molecule has 1 aromatic carbocycles. The number of nitrogens with zero attached hydrogens (tertiary/aromatic N) is 5. The van der Waals surface area contributed by atoms with Crippen LogP contribution >= 0.6 is 0 Å². The average molecular weight is 417 g/mol. The van der Waals surface area contributed by atoms with Gasteiger partial charge in [-0.1, -0.05) is 11.2 Å². The van der Waals surface area contributed by atoms with Gasteiger partial charge in [0.15, 0.2) is 5.82 Å². The Kier molecular flexibility index (Phi) is 4.85. The second-order valence-corrected chi connectivity index (χ2v) is 8.00. The van der Waals surface area contributed by atoms with Crippen molar-refractivity contribution in [1.82, 2.24) is 20.0 Å². The molecular formula is C21H22F3N5O. The lowest BCUT2D eigenvalue weighted by atomic mass is 10.1. The van der Waals surface area contributed by atoms with Crippen LogP contribution in [0.1, 0.15) is 42.5 Å². The number of hydrogen-bond acceptors (Lipinski definition) is 6. The van der Waals surface area contributed by atoms with Gasteiger partial charge in [0.2, 0.25) is 5.89 Å². The summed E-state index contributed by atoms with van der Waals surface area (Å²) in [6.45, 7) is 3.97. The molecule has 9 heteroatoms. The van der Waals surface area contributed by atoms with Crippen molar-refractivity contribution < 1.29 is 17.7 Å². The summed E-state index contributed by atoms with van der Waals surface area (Å²) in [5, 5.41) is 4.85. The molecule has 2 aliphatic rings. The summed E-state index contributed by atoms with van der Waals surface area (Å²) < 4.78 is 44.5. The number of rotatable bonds is 4. The molecule has 0 amide bonds. The molecule has 0 atom stereocenters. The Bertz CT molecular complexity index is 1050. The van der Waals surface area contributed by atoms with E-state index in [1.807, 2.05) is 6.07 Å². The number of alkyl halides is 3. The first-order valence-electron chi connectivity index (χ1n) is 10.2. The zero-order valence-corrected chi connectivity index (χ0v) is 16.4. The topological polar surface area (TPSA) is 58.3 Å². The zero-order chi connectivity index (χ0) is 20.7. The Labute approximate surface area is 171 Å². The fourth-order valence-corrected chi connectivity index (χ4v) is 3.98. The van der Waals surface area contributed by atoms with Gasteiger partial charge in [-0.2, -0.15) is 18.2 Å². The fraction of sp³-hybridized carbons (Fsp3) is 0.476. The Morgan fingerprint density at radius 2 is 1.93 bits per heavy atom. The van der Waals surface area contributed by atoms with Gasteiger partial charge in [0.1, 0.15) is 0 Å². The quantitative estimate of drug-likeness (QED) is 0.633. The fourth-order valence-electron chi connectivity index (χ4n) is 3.98. The maximum absolute atomic E-state index is 13.0. The molecule has 0 unspecified atom stereocenters. The lowest BCUT2D eigenvalue weighted by Crippen LogP contribution is -2.30. The maximum Gasteiger partial charge on any atom is 0.416 e. The third-order valence-corrected chi connectivity index (χ3v) is 5.75. The molecule has 30 heavy (non-hydrogen) atoms. The van der Waals surface area contributed by atoms with Crippen molar-refractivity contribution in [3.8, 4) is 0 Å². The van der Waals surface area contributed by atoms with Gasteiger partial charge in [0.05, 0.1) is 17.6 Å². The van der Waals surface area contributed by atoms with Gasteiger partial charge in [-0.25, -0.2) is 0 Å². The van der Waals surface area contributed by atoms with Crippen LogP contribution in [0.4, 0.5) is 18.9 Å². The second-order valence-electron chi connectivity index (χ2n) is 8.00. The van der Waals surface area contributed by atoms with Crippen molar-refractivity contribution in [2.24, 2.45) is 0 Å². The molecule has 1 saturated heterocycles. The minimum absolute atomic E-state index is 0.364. The highest BCUT2D eigenvalue weighted by Gasteiger charge is 2.31. The Hall–Kier alpha value is -2.68. The van der Waals surface area contributed by atoms with Crippen molar-refractivity contribution in [2.45, 2.75) is 37.9 Å². The van der Waals surface area contributed by atoms with Gasteiger partial charge in [-0.15, -0.1) is 0 Å². The van der Waals surface area contributed by atoms with Gasteiger partial charge in [-0.3, -0.25) is 9.88 Å². The zero-order valence-electron chi connectivity index (χ0n) is 16.4. The third kappa shape index (κ3) is 3.98. The highest BCUT2D eigenvalue weighted by Crippen LogP contribution is 2.39. The number of pyridine rings is 1. The molecule has 3 heterocycles. The molecule has 0 N–H and O–H groups in total. The number of benzene rings is 1. The van der Waals surface area contributed by atoms with Crippen LogP contribution in [0, 0.1) is 0 Å². The molecular weight excluding hydrogens is 395 g/mol. The van der Waals surface area contributed by atoms with E-state index >= 15 is 0 Å². The van der Waals surface area contributed by atoms with Crippen LogP contribution in [0.15, 0.2) is 35.0 Å². The largest absolute Gasteiger partial charge is 0.416 e. The first-order valence-corrected chi connectivity index (χ1v) is 10.2. The highest BCUT2D eigenvalue weighted by molar-refractivity contribution is 5.92. The predicted molar refractivity (Wildman–Crippen MR) is 105 cm³/mol. The van der Waals surface area contributed by atoms with Gasteiger partial charge in [-0.05, 0) is 37.5 Å². The van der Waals surface area contributed by atoms with Gasteiger partial charge in [0, 0.05) is 49.4 Å². The number of anilines is 1. The van der Waals surface area contributed by atoms with Gasteiger partial charge in [0.25, 0.3) is 0 Å². The van der Waals surface area contributed by atoms with Crippen LogP contribution < -0.4 is 4.90 Å². The van der Waals surface area contributed by atoms with Crippen LogP contribution in [0.3, 0.4) is 0 Å². The number of halogens is 3. The van der Waals surface area contributed by atoms with Crippen LogP contribution in [0.25, 0.3) is 10.9 Å². The molecule has 0 radical (unpaired) electrons. The van der Waals surface area contributed by atoms with E-state index in [2.05, 4.69) is 24.9 Å². The van der Waals surface area contributed by atoms with Gasteiger partial charge < -0.3 is 9.42 Å². The van der Waals surface area contributed by atoms with Crippen molar-refractivity contribution in [2.75, 3.05) is 31.1 Å². The second kappa shape index (κ2) is 7.54. The Morgan fingerprint density at radius 1 is 1.07 bits per heavy atom. The molecule has 2 aromatic heterocycles.